The van der Waals surface area contributed by atoms with Crippen molar-refractivity contribution in [3.63, 3.8) is 0 Å². The molecule has 1 aromatic rings. The first-order chi connectivity index (χ1) is 14.4. The van der Waals surface area contributed by atoms with E-state index < -0.39 is 17.1 Å². The van der Waals surface area contributed by atoms with Gasteiger partial charge in [-0.25, -0.2) is 0 Å². The number of ether oxygens (including phenoxy) is 1. The van der Waals surface area contributed by atoms with Crippen molar-refractivity contribution in [2.75, 3.05) is 26.7 Å². The molecule has 1 unspecified atom stereocenters. The van der Waals surface area contributed by atoms with Gasteiger partial charge in [0.15, 0.2) is 0 Å². The van der Waals surface area contributed by atoms with Gasteiger partial charge in [-0.2, -0.15) is 0 Å². The summed E-state index contributed by atoms with van der Waals surface area (Å²) in [5, 5.41) is 27.3. The first-order valence-corrected chi connectivity index (χ1v) is 11.9. The normalized spacial score (nSPS) is 38.3. The molecule has 5 atom stereocenters. The molecular formula is C25H38N2O3. The fourth-order valence-electron chi connectivity index (χ4n) is 6.64. The molecular weight excluding hydrogens is 376 g/mol. The molecule has 0 amide bonds. The quantitative estimate of drug-likeness (QED) is 0.667. The van der Waals surface area contributed by atoms with Gasteiger partial charge in [0.05, 0.1) is 18.8 Å². The van der Waals surface area contributed by atoms with Crippen LogP contribution >= 0.6 is 0 Å². The van der Waals surface area contributed by atoms with Crippen molar-refractivity contribution in [1.82, 2.24) is 10.2 Å². The third kappa shape index (κ3) is 3.21. The highest BCUT2D eigenvalue weighted by Gasteiger charge is 2.66. The molecule has 2 bridgehead atoms. The Hall–Kier alpha value is -1.14. The molecule has 0 aromatic heterocycles. The lowest BCUT2D eigenvalue weighted by molar-refractivity contribution is -0.190. The number of benzene rings is 1. The Bertz CT molecular complexity index is 795. The molecule has 0 spiro atoms. The SMILES string of the molecule is COc1ccc2c(c1)C13CCN(CC4CC4)[C@H](C2)[C@]1(O)C[C@@H](NCC(C)C)[C@@H](O)C3. The predicted octanol–water partition coefficient (Wildman–Crippen LogP) is 2.47. The second-order valence-corrected chi connectivity index (χ2v) is 10.8. The number of rotatable bonds is 6. The van der Waals surface area contributed by atoms with Crippen LogP contribution in [0.3, 0.4) is 0 Å². The summed E-state index contributed by atoms with van der Waals surface area (Å²) in [5.41, 5.74) is 1.32. The lowest BCUT2D eigenvalue weighted by Crippen LogP contribution is -2.76. The third-order valence-corrected chi connectivity index (χ3v) is 8.42. The van der Waals surface area contributed by atoms with E-state index in [-0.39, 0.29) is 12.1 Å². The molecule has 2 saturated carbocycles. The van der Waals surface area contributed by atoms with Gasteiger partial charge < -0.3 is 20.3 Å². The third-order valence-electron chi connectivity index (χ3n) is 8.42. The Labute approximate surface area is 180 Å². The number of aliphatic hydroxyl groups excluding tert-OH is 1. The molecule has 3 aliphatic carbocycles. The minimum atomic E-state index is -0.826. The molecule has 166 valence electrons. The summed E-state index contributed by atoms with van der Waals surface area (Å²) < 4.78 is 5.56. The van der Waals surface area contributed by atoms with Gasteiger partial charge in [-0.3, -0.25) is 4.90 Å². The maximum atomic E-state index is 12.5. The Morgan fingerprint density at radius 3 is 2.77 bits per heavy atom. The number of nitrogens with zero attached hydrogens (tertiary/aromatic N) is 1. The number of fused-ring (bicyclic) bond motifs is 1. The van der Waals surface area contributed by atoms with E-state index in [4.69, 9.17) is 4.74 Å². The van der Waals surface area contributed by atoms with Gasteiger partial charge in [0.2, 0.25) is 0 Å². The first-order valence-electron chi connectivity index (χ1n) is 11.9. The van der Waals surface area contributed by atoms with Crippen LogP contribution in [0.15, 0.2) is 18.2 Å². The van der Waals surface area contributed by atoms with Crippen molar-refractivity contribution < 1.29 is 14.9 Å². The van der Waals surface area contributed by atoms with Crippen molar-refractivity contribution >= 4 is 0 Å². The van der Waals surface area contributed by atoms with E-state index in [1.165, 1.54) is 24.0 Å². The van der Waals surface area contributed by atoms with Gasteiger partial charge >= 0.3 is 0 Å². The molecule has 4 aliphatic rings. The minimum Gasteiger partial charge on any atom is -0.497 e. The second kappa shape index (κ2) is 7.47. The van der Waals surface area contributed by atoms with Gasteiger partial charge in [-0.1, -0.05) is 19.9 Å². The zero-order valence-electron chi connectivity index (χ0n) is 18.7. The molecule has 3 N–H and O–H groups in total. The standard InChI is InChI=1S/C25H38N2O3/c1-16(2)14-26-21-12-25(29)23-10-18-6-7-19(30-3)11-20(18)24(25,13-22(21)28)8-9-27(23)15-17-4-5-17/h6-7,11,16-17,21-23,26,28-29H,4-5,8-10,12-15H2,1-3H3/t21-,22+,23-,24?,25-/m1/s1. The van der Waals surface area contributed by atoms with Crippen LogP contribution < -0.4 is 10.1 Å². The second-order valence-electron chi connectivity index (χ2n) is 10.8. The molecule has 1 aliphatic heterocycles. The van der Waals surface area contributed by atoms with Crippen molar-refractivity contribution in [2.24, 2.45) is 11.8 Å². The fraction of sp³-hybridized carbons (Fsp3) is 0.760. The Balaban J connectivity index is 1.55. The van der Waals surface area contributed by atoms with Crippen LogP contribution in [0, 0.1) is 11.8 Å². The summed E-state index contributed by atoms with van der Waals surface area (Å²) >= 11 is 0. The van der Waals surface area contributed by atoms with Crippen molar-refractivity contribution in [3.05, 3.63) is 29.3 Å². The summed E-state index contributed by atoms with van der Waals surface area (Å²) in [4.78, 5) is 2.58. The van der Waals surface area contributed by atoms with E-state index in [9.17, 15) is 10.2 Å². The predicted molar refractivity (Wildman–Crippen MR) is 118 cm³/mol. The van der Waals surface area contributed by atoms with E-state index >= 15 is 0 Å². The summed E-state index contributed by atoms with van der Waals surface area (Å²) in [6.07, 6.45) is 5.24. The number of hydrogen-bond acceptors (Lipinski definition) is 5. The number of aliphatic hydroxyl groups is 2. The van der Waals surface area contributed by atoms with E-state index in [0.717, 1.165) is 44.1 Å². The number of piperidine rings is 1. The van der Waals surface area contributed by atoms with Crippen LogP contribution in [-0.4, -0.2) is 65.6 Å². The maximum Gasteiger partial charge on any atom is 0.119 e. The van der Waals surface area contributed by atoms with Crippen molar-refractivity contribution in [2.45, 2.75) is 81.6 Å². The van der Waals surface area contributed by atoms with Gasteiger partial charge in [-0.15, -0.1) is 0 Å². The summed E-state index contributed by atoms with van der Waals surface area (Å²) in [5.74, 6) is 2.17. The molecule has 1 saturated heterocycles. The zero-order chi connectivity index (χ0) is 21.1. The Morgan fingerprint density at radius 1 is 1.27 bits per heavy atom. The lowest BCUT2D eigenvalue weighted by atomic mass is 9.48. The van der Waals surface area contributed by atoms with E-state index in [1.54, 1.807) is 7.11 Å². The van der Waals surface area contributed by atoms with E-state index in [1.807, 2.05) is 6.07 Å². The average Bonchev–Trinajstić information content (AvgIpc) is 3.53. The number of nitrogens with one attached hydrogen (secondary N) is 1. The highest BCUT2D eigenvalue weighted by Crippen LogP contribution is 2.59. The van der Waals surface area contributed by atoms with Crippen molar-refractivity contribution in [3.8, 4) is 5.75 Å². The molecule has 3 fully saturated rings. The summed E-state index contributed by atoms with van der Waals surface area (Å²) in [7, 11) is 1.71. The summed E-state index contributed by atoms with van der Waals surface area (Å²) in [6.45, 7) is 7.37. The number of likely N-dealkylation sites (tertiary alicyclic amines) is 1. The smallest absolute Gasteiger partial charge is 0.119 e. The first kappa shape index (κ1) is 20.7. The Kier molecular flexibility index (Phi) is 5.17. The number of hydrogen-bond donors (Lipinski definition) is 3. The van der Waals surface area contributed by atoms with Crippen LogP contribution in [0.1, 0.15) is 57.1 Å². The molecule has 5 nitrogen and oxygen atoms in total. The van der Waals surface area contributed by atoms with Crippen LogP contribution in [0.4, 0.5) is 0 Å². The molecule has 30 heavy (non-hydrogen) atoms. The topological polar surface area (TPSA) is 65.0 Å². The molecule has 1 aromatic carbocycles. The van der Waals surface area contributed by atoms with E-state index in [2.05, 4.69) is 36.2 Å². The Morgan fingerprint density at radius 2 is 2.07 bits per heavy atom. The molecule has 1 heterocycles. The van der Waals surface area contributed by atoms with Gasteiger partial charge in [0.1, 0.15) is 5.75 Å². The largest absolute Gasteiger partial charge is 0.497 e. The van der Waals surface area contributed by atoms with Gasteiger partial charge in [0.25, 0.3) is 0 Å². The van der Waals surface area contributed by atoms with Crippen LogP contribution in [0.2, 0.25) is 0 Å². The highest BCUT2D eigenvalue weighted by atomic mass is 16.5. The molecule has 5 rings (SSSR count). The zero-order valence-corrected chi connectivity index (χ0v) is 18.7. The maximum absolute atomic E-state index is 12.5. The van der Waals surface area contributed by atoms with Crippen LogP contribution in [0.5, 0.6) is 5.75 Å². The molecule has 0 radical (unpaired) electrons. The highest BCUT2D eigenvalue weighted by molar-refractivity contribution is 5.49. The number of methoxy groups -OCH3 is 1. The lowest BCUT2D eigenvalue weighted by Gasteiger charge is -2.65. The molecule has 5 heteroatoms. The van der Waals surface area contributed by atoms with E-state index in [0.29, 0.717) is 18.8 Å². The fourth-order valence-corrected chi connectivity index (χ4v) is 6.64. The van der Waals surface area contributed by atoms with Gasteiger partial charge in [-0.05, 0) is 86.7 Å². The van der Waals surface area contributed by atoms with Crippen molar-refractivity contribution in [1.29, 1.82) is 0 Å². The monoisotopic (exact) mass is 414 g/mol. The van der Waals surface area contributed by atoms with Crippen LogP contribution in [0.25, 0.3) is 0 Å². The average molecular weight is 415 g/mol. The van der Waals surface area contributed by atoms with Crippen LogP contribution in [-0.2, 0) is 11.8 Å². The minimum absolute atomic E-state index is 0.0546. The van der Waals surface area contributed by atoms with Gasteiger partial charge in [0, 0.05) is 24.0 Å². The summed E-state index contributed by atoms with van der Waals surface area (Å²) in [6, 6.07) is 6.46.